The number of benzene rings is 2. The van der Waals surface area contributed by atoms with E-state index in [1.807, 2.05) is 24.3 Å². The van der Waals surface area contributed by atoms with Gasteiger partial charge in [-0.05, 0) is 17.2 Å². The molecule has 1 amide bonds. The van der Waals surface area contributed by atoms with Gasteiger partial charge in [0.05, 0.1) is 17.1 Å². The molecule has 0 fully saturated rings. The van der Waals surface area contributed by atoms with Crippen molar-refractivity contribution in [2.45, 2.75) is 25.0 Å². The molecule has 1 aliphatic carbocycles. The number of carbonyl (C=O) groups is 1. The van der Waals surface area contributed by atoms with Crippen molar-refractivity contribution in [1.82, 2.24) is 5.32 Å². The molecule has 3 N–H and O–H groups in total. The molecule has 0 saturated carbocycles. The number of rotatable bonds is 4. The molecule has 2 aromatic carbocycles. The summed E-state index contributed by atoms with van der Waals surface area (Å²) in [6.07, 6.45) is 2.46. The lowest BCUT2D eigenvalue weighted by Crippen LogP contribution is -2.37. The van der Waals surface area contributed by atoms with E-state index in [-0.39, 0.29) is 22.9 Å². The van der Waals surface area contributed by atoms with Crippen molar-refractivity contribution in [2.75, 3.05) is 0 Å². The fraction of sp³-hybridized carbons (Fsp3) is 0.211. The molecule has 3 atom stereocenters. The number of hydrogen-bond acceptors (Lipinski definition) is 5. The van der Waals surface area contributed by atoms with Gasteiger partial charge in [-0.15, -0.1) is 0 Å². The quantitative estimate of drug-likeness (QED) is 0.577. The molecule has 134 valence electrons. The molecule has 0 saturated heterocycles. The van der Waals surface area contributed by atoms with Gasteiger partial charge >= 0.3 is 0 Å². The first kappa shape index (κ1) is 17.6. The molecule has 3 rings (SSSR count). The van der Waals surface area contributed by atoms with E-state index in [2.05, 4.69) is 5.32 Å². The molecular weight excluding hydrogens is 336 g/mol. The van der Waals surface area contributed by atoms with Gasteiger partial charge in [-0.3, -0.25) is 14.9 Å². The van der Waals surface area contributed by atoms with E-state index in [4.69, 9.17) is 0 Å². The molecule has 0 bridgehead atoms. The summed E-state index contributed by atoms with van der Waals surface area (Å²) in [6.45, 7) is 1.32. The smallest absolute Gasteiger partial charge is 0.270 e. The standard InChI is InChI=1S/C19H18N2O5/c1-11(22)20-19(15-10-13(21(25)26)7-9-16(15)23)18-14-5-3-2-4-12(14)6-8-17(18)24/h2-10,17-19,23-24H,1H3,(H,20,22). The lowest BCUT2D eigenvalue weighted by Gasteiger charge is -2.34. The minimum atomic E-state index is -0.930. The number of phenols is 1. The summed E-state index contributed by atoms with van der Waals surface area (Å²) in [5.74, 6) is -1.17. The van der Waals surface area contributed by atoms with E-state index in [1.54, 1.807) is 12.2 Å². The predicted molar refractivity (Wildman–Crippen MR) is 95.5 cm³/mol. The number of aliphatic hydroxyl groups is 1. The largest absolute Gasteiger partial charge is 0.508 e. The van der Waals surface area contributed by atoms with E-state index in [1.165, 1.54) is 25.1 Å². The van der Waals surface area contributed by atoms with Gasteiger partial charge in [0.2, 0.25) is 5.91 Å². The van der Waals surface area contributed by atoms with Gasteiger partial charge in [-0.2, -0.15) is 0 Å². The highest BCUT2D eigenvalue weighted by atomic mass is 16.6. The van der Waals surface area contributed by atoms with Gasteiger partial charge in [-0.1, -0.05) is 36.4 Å². The second-order valence-electron chi connectivity index (χ2n) is 6.18. The number of nitrogens with one attached hydrogen (secondary N) is 1. The second kappa shape index (κ2) is 6.97. The summed E-state index contributed by atoms with van der Waals surface area (Å²) in [6, 6.07) is 10.2. The van der Waals surface area contributed by atoms with Crippen LogP contribution in [-0.4, -0.2) is 27.1 Å². The first-order valence-corrected chi connectivity index (χ1v) is 8.08. The molecule has 2 aromatic rings. The number of non-ortho nitro benzene ring substituents is 1. The van der Waals surface area contributed by atoms with Crippen molar-refractivity contribution >= 4 is 17.7 Å². The van der Waals surface area contributed by atoms with Crippen LogP contribution in [0.5, 0.6) is 5.75 Å². The van der Waals surface area contributed by atoms with Crippen LogP contribution >= 0.6 is 0 Å². The number of fused-ring (bicyclic) bond motifs is 1. The lowest BCUT2D eigenvalue weighted by atomic mass is 9.77. The van der Waals surface area contributed by atoms with E-state index in [9.17, 15) is 25.1 Å². The fourth-order valence-electron chi connectivity index (χ4n) is 3.33. The Morgan fingerprint density at radius 3 is 2.69 bits per heavy atom. The highest BCUT2D eigenvalue weighted by Crippen LogP contribution is 2.42. The molecule has 0 spiro atoms. The van der Waals surface area contributed by atoms with Gasteiger partial charge in [-0.25, -0.2) is 0 Å². The third-order valence-electron chi connectivity index (χ3n) is 4.47. The first-order chi connectivity index (χ1) is 12.4. The average Bonchev–Trinajstić information content (AvgIpc) is 2.60. The zero-order valence-corrected chi connectivity index (χ0v) is 14.0. The Labute approximate surface area is 149 Å². The third-order valence-corrected chi connectivity index (χ3v) is 4.47. The minimum Gasteiger partial charge on any atom is -0.508 e. The van der Waals surface area contributed by atoms with Crippen LogP contribution in [0.4, 0.5) is 5.69 Å². The van der Waals surface area contributed by atoms with Crippen LogP contribution in [0.1, 0.15) is 35.6 Å². The third kappa shape index (κ3) is 3.29. The average molecular weight is 354 g/mol. The Morgan fingerprint density at radius 2 is 2.00 bits per heavy atom. The van der Waals surface area contributed by atoms with E-state index < -0.39 is 23.0 Å². The number of aliphatic hydroxyl groups excluding tert-OH is 1. The molecule has 0 radical (unpaired) electrons. The maximum absolute atomic E-state index is 11.8. The number of aromatic hydroxyl groups is 1. The van der Waals surface area contributed by atoms with E-state index in [0.29, 0.717) is 0 Å². The minimum absolute atomic E-state index is 0.184. The van der Waals surface area contributed by atoms with Crippen LogP contribution in [0, 0.1) is 10.1 Å². The molecule has 26 heavy (non-hydrogen) atoms. The van der Waals surface area contributed by atoms with Crippen LogP contribution in [0.3, 0.4) is 0 Å². The summed E-state index contributed by atoms with van der Waals surface area (Å²) < 4.78 is 0. The number of nitrogens with zero attached hydrogens (tertiary/aromatic N) is 1. The van der Waals surface area contributed by atoms with E-state index in [0.717, 1.165) is 11.1 Å². The van der Waals surface area contributed by atoms with Crippen molar-refractivity contribution < 1.29 is 19.9 Å². The van der Waals surface area contributed by atoms with Crippen molar-refractivity contribution in [1.29, 1.82) is 0 Å². The zero-order chi connectivity index (χ0) is 18.8. The fourth-order valence-corrected chi connectivity index (χ4v) is 3.33. The molecular formula is C19H18N2O5. The number of hydrogen-bond donors (Lipinski definition) is 3. The summed E-state index contributed by atoms with van der Waals surface area (Å²) in [5, 5.41) is 34.7. The number of phenolic OH excluding ortho intramolecular Hbond substituents is 1. The summed E-state index contributed by atoms with van der Waals surface area (Å²) in [7, 11) is 0. The Hall–Kier alpha value is -3.19. The Balaban J connectivity index is 2.16. The van der Waals surface area contributed by atoms with Crippen LogP contribution in [0.2, 0.25) is 0 Å². The number of nitro benzene ring substituents is 1. The van der Waals surface area contributed by atoms with Crippen molar-refractivity contribution in [3.8, 4) is 5.75 Å². The summed E-state index contributed by atoms with van der Waals surface area (Å²) in [4.78, 5) is 22.3. The van der Waals surface area contributed by atoms with Crippen molar-refractivity contribution in [2.24, 2.45) is 0 Å². The number of amides is 1. The first-order valence-electron chi connectivity index (χ1n) is 8.08. The van der Waals surface area contributed by atoms with Crippen LogP contribution in [0.15, 0.2) is 48.5 Å². The molecule has 0 heterocycles. The van der Waals surface area contributed by atoms with Crippen LogP contribution in [0.25, 0.3) is 6.08 Å². The van der Waals surface area contributed by atoms with Gasteiger partial charge in [0.25, 0.3) is 5.69 Å². The highest BCUT2D eigenvalue weighted by molar-refractivity contribution is 5.74. The topological polar surface area (TPSA) is 113 Å². The highest BCUT2D eigenvalue weighted by Gasteiger charge is 2.35. The molecule has 0 aromatic heterocycles. The van der Waals surface area contributed by atoms with Gasteiger partial charge in [0, 0.05) is 30.5 Å². The van der Waals surface area contributed by atoms with Gasteiger partial charge < -0.3 is 15.5 Å². The van der Waals surface area contributed by atoms with Crippen molar-refractivity contribution in [3.63, 3.8) is 0 Å². The zero-order valence-electron chi connectivity index (χ0n) is 14.0. The normalized spacial score (nSPS) is 19.5. The molecule has 7 nitrogen and oxygen atoms in total. The number of carbonyl (C=O) groups excluding carboxylic acids is 1. The van der Waals surface area contributed by atoms with Crippen LogP contribution < -0.4 is 5.32 Å². The summed E-state index contributed by atoms with van der Waals surface area (Å²) in [5.41, 5.74) is 1.64. The lowest BCUT2D eigenvalue weighted by molar-refractivity contribution is -0.385. The molecule has 3 unspecified atom stereocenters. The van der Waals surface area contributed by atoms with Gasteiger partial charge in [0.1, 0.15) is 5.75 Å². The molecule has 1 aliphatic rings. The Morgan fingerprint density at radius 1 is 1.27 bits per heavy atom. The maximum atomic E-state index is 11.8. The van der Waals surface area contributed by atoms with Crippen molar-refractivity contribution in [3.05, 3.63) is 75.3 Å². The SMILES string of the molecule is CC(=O)NC(c1cc([N+](=O)[O-])ccc1O)C1c2ccccc2C=CC1O. The maximum Gasteiger partial charge on any atom is 0.270 e. The monoisotopic (exact) mass is 354 g/mol. The molecule has 7 heteroatoms. The number of nitro groups is 1. The molecule has 0 aliphatic heterocycles. The van der Waals surface area contributed by atoms with Crippen LogP contribution in [-0.2, 0) is 4.79 Å². The summed E-state index contributed by atoms with van der Waals surface area (Å²) >= 11 is 0. The second-order valence-corrected chi connectivity index (χ2v) is 6.18. The Kier molecular flexibility index (Phi) is 4.73. The van der Waals surface area contributed by atoms with Gasteiger partial charge in [0.15, 0.2) is 0 Å². The predicted octanol–water partition coefficient (Wildman–Crippen LogP) is 2.65. The Bertz CT molecular complexity index is 893. The van der Waals surface area contributed by atoms with E-state index >= 15 is 0 Å².